The van der Waals surface area contributed by atoms with Gasteiger partial charge in [-0.15, -0.1) is 0 Å². The first-order valence-electron chi connectivity index (χ1n) is 2.90. The van der Waals surface area contributed by atoms with Gasteiger partial charge in [-0.2, -0.15) is 8.42 Å². The van der Waals surface area contributed by atoms with Crippen molar-refractivity contribution in [2.45, 2.75) is 0 Å². The van der Waals surface area contributed by atoms with E-state index in [4.69, 9.17) is 40.7 Å². The molecule has 4 nitrogen and oxygen atoms in total. The van der Waals surface area contributed by atoms with Crippen molar-refractivity contribution in [2.24, 2.45) is 0 Å². The molecule has 0 aliphatic rings. The number of hydrogen-bond donors (Lipinski definition) is 2. The van der Waals surface area contributed by atoms with Crippen LogP contribution < -0.4 is 51.4 Å². The summed E-state index contributed by atoms with van der Waals surface area (Å²) in [5.41, 5.74) is 0. The van der Waals surface area contributed by atoms with Gasteiger partial charge in [-0.1, -0.05) is 23.2 Å². The third-order valence-electron chi connectivity index (χ3n) is 0.804. The van der Waals surface area contributed by atoms with Gasteiger partial charge in [-0.3, -0.25) is 9.11 Å². The first kappa shape index (κ1) is 17.7. The Morgan fingerprint density at radius 1 is 1.00 bits per heavy atom. The smallest absolute Gasteiger partial charge is 1.00 e. The molecular weight excluding hydrogens is 278 g/mol. The molecule has 0 amide bonds. The number of hydrogen-bond acceptors (Lipinski definition) is 2. The van der Waals surface area contributed by atoms with E-state index in [1.54, 1.807) is 24.3 Å². The van der Waals surface area contributed by atoms with E-state index >= 15 is 0 Å². The van der Waals surface area contributed by atoms with Crippen molar-refractivity contribution in [2.75, 3.05) is 0 Å². The van der Waals surface area contributed by atoms with Crippen LogP contribution in [0.3, 0.4) is 0 Å². The van der Waals surface area contributed by atoms with Gasteiger partial charge < -0.3 is 1.43 Å². The van der Waals surface area contributed by atoms with Crippen LogP contribution in [0.2, 0.25) is 10.0 Å². The first-order chi connectivity index (χ1) is 5.79. The van der Waals surface area contributed by atoms with Crippen LogP contribution in [0.15, 0.2) is 24.3 Å². The van der Waals surface area contributed by atoms with E-state index in [-0.39, 0.29) is 52.8 Å². The monoisotopic (exact) mass is 284 g/mol. The molecule has 0 aliphatic carbocycles. The summed E-state index contributed by atoms with van der Waals surface area (Å²) in [4.78, 5) is 0. The first-order valence-corrected chi connectivity index (χ1v) is 5.05. The van der Waals surface area contributed by atoms with Gasteiger partial charge in [0.05, 0.1) is 0 Å². The molecule has 0 aliphatic heterocycles. The normalized spacial score (nSPS) is 9.43. The fraction of sp³-hybridized carbons (Fsp3) is 0. The van der Waals surface area contributed by atoms with Crippen LogP contribution in [-0.4, -0.2) is 17.5 Å². The second kappa shape index (κ2) is 8.46. The molecule has 1 aromatic rings. The molecule has 8 heteroatoms. The van der Waals surface area contributed by atoms with E-state index in [2.05, 4.69) is 0 Å². The minimum absolute atomic E-state index is 0. The van der Waals surface area contributed by atoms with Crippen LogP contribution >= 0.6 is 23.2 Å². The van der Waals surface area contributed by atoms with Crippen LogP contribution in [0.5, 0.6) is 0 Å². The topological polar surface area (TPSA) is 74.6 Å². The van der Waals surface area contributed by atoms with Crippen LogP contribution in [0.4, 0.5) is 0 Å². The molecule has 0 aromatic heterocycles. The van der Waals surface area contributed by atoms with E-state index in [9.17, 15) is 0 Å². The summed E-state index contributed by atoms with van der Waals surface area (Å²) in [6.45, 7) is 0. The maximum atomic E-state index is 8.74. The minimum Gasteiger partial charge on any atom is -1.00 e. The standard InChI is InChI=1S/C6H4Cl2.K.H2O4S.H/c7-5-1-2-6(8)4-3-5;;1-5(2,3)4;/h1-4H;;(H2,1,2,3,4);/q;+1;;-1. The Morgan fingerprint density at radius 2 is 1.14 bits per heavy atom. The van der Waals surface area contributed by atoms with Gasteiger partial charge in [0.1, 0.15) is 0 Å². The molecule has 14 heavy (non-hydrogen) atoms. The molecule has 0 heterocycles. The molecule has 0 fully saturated rings. The third kappa shape index (κ3) is 15.8. The predicted octanol–water partition coefficient (Wildman–Crippen LogP) is -0.543. The fourth-order valence-corrected chi connectivity index (χ4v) is 0.682. The maximum absolute atomic E-state index is 8.74. The zero-order valence-electron chi connectivity index (χ0n) is 8.18. The van der Waals surface area contributed by atoms with Gasteiger partial charge in [-0.05, 0) is 24.3 Å². The third-order valence-corrected chi connectivity index (χ3v) is 1.31. The predicted molar refractivity (Wildman–Crippen MR) is 51.8 cm³/mol. The Morgan fingerprint density at radius 3 is 1.29 bits per heavy atom. The van der Waals surface area contributed by atoms with Gasteiger partial charge in [0.2, 0.25) is 0 Å². The van der Waals surface area contributed by atoms with Crippen LogP contribution in [-0.2, 0) is 10.4 Å². The largest absolute Gasteiger partial charge is 1.00 e. The van der Waals surface area contributed by atoms with Crippen molar-refractivity contribution in [3.8, 4) is 0 Å². The van der Waals surface area contributed by atoms with Crippen molar-refractivity contribution in [1.82, 2.24) is 0 Å². The van der Waals surface area contributed by atoms with Crippen LogP contribution in [0, 0.1) is 0 Å². The fourth-order valence-electron chi connectivity index (χ4n) is 0.430. The second-order valence-electron chi connectivity index (χ2n) is 1.88. The zero-order valence-corrected chi connectivity index (χ0v) is 12.6. The van der Waals surface area contributed by atoms with Gasteiger partial charge in [-0.25, -0.2) is 0 Å². The molecule has 0 saturated heterocycles. The van der Waals surface area contributed by atoms with E-state index in [1.807, 2.05) is 0 Å². The van der Waals surface area contributed by atoms with Crippen molar-refractivity contribution in [3.63, 3.8) is 0 Å². The number of halogens is 2. The Kier molecular flexibility index (Phi) is 10.7. The number of rotatable bonds is 0. The molecule has 76 valence electrons. The van der Waals surface area contributed by atoms with E-state index in [0.29, 0.717) is 0 Å². The zero-order chi connectivity index (χ0) is 10.5. The van der Waals surface area contributed by atoms with Crippen LogP contribution in [0.25, 0.3) is 0 Å². The SMILES string of the molecule is Clc1ccc(Cl)cc1.O=S(=O)(O)O.[H-].[K+]. The Bertz CT molecular complexity index is 327. The molecule has 0 atom stereocenters. The van der Waals surface area contributed by atoms with Crippen molar-refractivity contribution >= 4 is 33.6 Å². The van der Waals surface area contributed by atoms with Gasteiger partial charge in [0.15, 0.2) is 0 Å². The molecule has 0 spiro atoms. The van der Waals surface area contributed by atoms with Crippen molar-refractivity contribution in [1.29, 1.82) is 0 Å². The van der Waals surface area contributed by atoms with E-state index < -0.39 is 10.4 Å². The second-order valence-corrected chi connectivity index (χ2v) is 3.65. The Labute approximate surface area is 136 Å². The Balaban J connectivity index is -0.000000185. The quantitative estimate of drug-likeness (QED) is 0.496. The summed E-state index contributed by atoms with van der Waals surface area (Å²) in [6.07, 6.45) is 0. The summed E-state index contributed by atoms with van der Waals surface area (Å²) in [5, 5.41) is 1.43. The van der Waals surface area contributed by atoms with Crippen molar-refractivity contribution < 1.29 is 70.3 Å². The molecule has 0 radical (unpaired) electrons. The maximum Gasteiger partial charge on any atom is 1.00 e. The molecule has 1 aromatic carbocycles. The molecule has 1 rings (SSSR count). The van der Waals surface area contributed by atoms with Crippen molar-refractivity contribution in [3.05, 3.63) is 34.3 Å². The summed E-state index contributed by atoms with van der Waals surface area (Å²) >= 11 is 11.1. The average molecular weight is 285 g/mol. The average Bonchev–Trinajstić information content (AvgIpc) is 1.92. The molecular formula is C6H7Cl2KO4S. The Hall–Kier alpha value is 1.31. The summed E-state index contributed by atoms with van der Waals surface area (Å²) in [6, 6.07) is 7.02. The molecule has 0 unspecified atom stereocenters. The molecule has 0 saturated carbocycles. The summed E-state index contributed by atoms with van der Waals surface area (Å²) < 4.78 is 31.6. The van der Waals surface area contributed by atoms with Gasteiger partial charge >= 0.3 is 61.8 Å². The minimum atomic E-state index is -4.67. The van der Waals surface area contributed by atoms with Gasteiger partial charge in [0, 0.05) is 10.0 Å². The number of benzene rings is 1. The molecule has 0 bridgehead atoms. The summed E-state index contributed by atoms with van der Waals surface area (Å²) in [5.74, 6) is 0. The van der Waals surface area contributed by atoms with Gasteiger partial charge in [0.25, 0.3) is 0 Å². The summed E-state index contributed by atoms with van der Waals surface area (Å²) in [7, 11) is -4.67. The van der Waals surface area contributed by atoms with E-state index in [0.717, 1.165) is 10.0 Å². The van der Waals surface area contributed by atoms with Crippen LogP contribution in [0.1, 0.15) is 1.43 Å². The van der Waals surface area contributed by atoms with E-state index in [1.165, 1.54) is 0 Å². The molecule has 2 N–H and O–H groups in total.